The van der Waals surface area contributed by atoms with Gasteiger partial charge >= 0.3 is 6.09 Å². The predicted octanol–water partition coefficient (Wildman–Crippen LogP) is 2.82. The highest BCUT2D eigenvalue weighted by Gasteiger charge is 2.37. The molecule has 0 aliphatic carbocycles. The molecule has 0 aliphatic rings. The summed E-state index contributed by atoms with van der Waals surface area (Å²) >= 11 is 0. The number of aliphatic hydroxyl groups excluding tert-OH is 3. The van der Waals surface area contributed by atoms with E-state index in [1.54, 1.807) is 41.5 Å². The number of nitrogens with zero attached hydrogens (tertiary/aromatic N) is 1. The highest BCUT2D eigenvalue weighted by molar-refractivity contribution is 5.81. The fraction of sp³-hybridized carbons (Fsp3) is 0.548. The van der Waals surface area contributed by atoms with Crippen molar-refractivity contribution in [2.45, 2.75) is 90.3 Å². The Kier molecular flexibility index (Phi) is 12.1. The van der Waals surface area contributed by atoms with E-state index < -0.39 is 53.3 Å². The summed E-state index contributed by atoms with van der Waals surface area (Å²) in [4.78, 5) is 26.3. The van der Waals surface area contributed by atoms with Gasteiger partial charge in [-0.25, -0.2) is 4.79 Å². The SMILES string of the molecule is CC(C)(C)[C@@H](O)C(=O)N[C@@H](Cc1ccccc1)[C@H](O)CNC[C@@H](O)[C@H](Cc1ccccc1)N(C(=O)O)C(C)(C)C. The Bertz CT molecular complexity index is 1050. The molecule has 9 heteroatoms. The predicted molar refractivity (Wildman–Crippen MR) is 156 cm³/mol. The van der Waals surface area contributed by atoms with Gasteiger partial charge in [-0.2, -0.15) is 0 Å². The normalized spacial score (nSPS) is 15.9. The lowest BCUT2D eigenvalue weighted by atomic mass is 9.88. The van der Waals surface area contributed by atoms with Gasteiger partial charge in [0.1, 0.15) is 6.10 Å². The summed E-state index contributed by atoms with van der Waals surface area (Å²) in [6.07, 6.45) is -3.86. The van der Waals surface area contributed by atoms with Gasteiger partial charge in [-0.15, -0.1) is 0 Å². The largest absolute Gasteiger partial charge is 0.465 e. The summed E-state index contributed by atoms with van der Waals surface area (Å²) in [6, 6.07) is 17.4. The van der Waals surface area contributed by atoms with Crippen molar-refractivity contribution in [1.82, 2.24) is 15.5 Å². The van der Waals surface area contributed by atoms with Crippen LogP contribution in [0.25, 0.3) is 0 Å². The highest BCUT2D eigenvalue weighted by Crippen LogP contribution is 2.23. The minimum Gasteiger partial charge on any atom is -0.465 e. The maximum absolute atomic E-state index is 12.8. The molecular weight excluding hydrogens is 510 g/mol. The number of aliphatic hydroxyl groups is 3. The first kappa shape index (κ1) is 33.2. The lowest BCUT2D eigenvalue weighted by molar-refractivity contribution is -0.136. The molecule has 0 spiro atoms. The Morgan fingerprint density at radius 2 is 1.25 bits per heavy atom. The maximum Gasteiger partial charge on any atom is 0.408 e. The maximum atomic E-state index is 12.8. The number of rotatable bonds is 13. The number of nitrogens with one attached hydrogen (secondary N) is 2. The van der Waals surface area contributed by atoms with Crippen molar-refractivity contribution in [2.75, 3.05) is 13.1 Å². The zero-order valence-corrected chi connectivity index (χ0v) is 24.5. The zero-order valence-electron chi connectivity index (χ0n) is 24.5. The van der Waals surface area contributed by atoms with Gasteiger partial charge in [0.05, 0.1) is 24.3 Å². The number of carboxylic acid groups (broad SMARTS) is 1. The molecule has 2 aromatic carbocycles. The number of hydrogen-bond acceptors (Lipinski definition) is 6. The lowest BCUT2D eigenvalue weighted by Crippen LogP contribution is -2.58. The van der Waals surface area contributed by atoms with Gasteiger partial charge in [0.15, 0.2) is 0 Å². The van der Waals surface area contributed by atoms with Crippen LogP contribution < -0.4 is 10.6 Å². The Morgan fingerprint density at radius 3 is 1.70 bits per heavy atom. The summed E-state index contributed by atoms with van der Waals surface area (Å²) in [6.45, 7) is 10.7. The van der Waals surface area contributed by atoms with E-state index in [1.807, 2.05) is 60.7 Å². The number of benzene rings is 2. The van der Waals surface area contributed by atoms with E-state index in [0.29, 0.717) is 12.8 Å². The molecule has 0 saturated heterocycles. The van der Waals surface area contributed by atoms with Crippen LogP contribution in [-0.4, -0.2) is 86.4 Å². The monoisotopic (exact) mass is 557 g/mol. The summed E-state index contributed by atoms with van der Waals surface area (Å²) in [7, 11) is 0. The summed E-state index contributed by atoms with van der Waals surface area (Å²) in [5.74, 6) is -0.572. The Hall–Kier alpha value is -2.98. The van der Waals surface area contributed by atoms with Crippen LogP contribution in [0.1, 0.15) is 52.7 Å². The fourth-order valence-electron chi connectivity index (χ4n) is 4.64. The Balaban J connectivity index is 2.15. The Morgan fingerprint density at radius 1 is 0.775 bits per heavy atom. The lowest BCUT2D eigenvalue weighted by Gasteiger charge is -2.42. The van der Waals surface area contributed by atoms with E-state index in [-0.39, 0.29) is 13.1 Å². The topological polar surface area (TPSA) is 142 Å². The van der Waals surface area contributed by atoms with Crippen LogP contribution in [0.15, 0.2) is 60.7 Å². The van der Waals surface area contributed by atoms with Crippen molar-refractivity contribution < 1.29 is 30.0 Å². The quantitative estimate of drug-likeness (QED) is 0.222. The van der Waals surface area contributed by atoms with Crippen molar-refractivity contribution >= 4 is 12.0 Å². The third-order valence-corrected chi connectivity index (χ3v) is 6.86. The van der Waals surface area contributed by atoms with Crippen LogP contribution in [0.3, 0.4) is 0 Å². The number of amides is 2. The minimum atomic E-state index is -1.26. The van der Waals surface area contributed by atoms with Crippen LogP contribution in [-0.2, 0) is 17.6 Å². The molecule has 2 amide bonds. The summed E-state index contributed by atoms with van der Waals surface area (Å²) in [5, 5.41) is 48.6. The van der Waals surface area contributed by atoms with E-state index in [2.05, 4.69) is 10.6 Å². The van der Waals surface area contributed by atoms with Crippen molar-refractivity contribution in [3.63, 3.8) is 0 Å². The first-order valence-corrected chi connectivity index (χ1v) is 13.8. The fourth-order valence-corrected chi connectivity index (χ4v) is 4.64. The minimum absolute atomic E-state index is 0.0189. The van der Waals surface area contributed by atoms with Crippen LogP contribution in [0, 0.1) is 5.41 Å². The van der Waals surface area contributed by atoms with Crippen LogP contribution in [0.4, 0.5) is 4.79 Å². The molecule has 2 rings (SSSR count). The first-order chi connectivity index (χ1) is 18.6. The molecule has 0 heterocycles. The molecule has 2 aromatic rings. The number of hydrogen-bond donors (Lipinski definition) is 6. The van der Waals surface area contributed by atoms with Gasteiger partial charge in [-0.05, 0) is 50.2 Å². The van der Waals surface area contributed by atoms with E-state index in [1.165, 1.54) is 4.90 Å². The second kappa shape index (κ2) is 14.6. The van der Waals surface area contributed by atoms with E-state index in [0.717, 1.165) is 11.1 Å². The molecule has 6 N–H and O–H groups in total. The molecule has 0 saturated carbocycles. The Labute approximate surface area is 238 Å². The van der Waals surface area contributed by atoms with E-state index in [4.69, 9.17) is 0 Å². The van der Waals surface area contributed by atoms with Crippen LogP contribution in [0.2, 0.25) is 0 Å². The molecule has 0 radical (unpaired) electrons. The van der Waals surface area contributed by atoms with Crippen LogP contribution in [0.5, 0.6) is 0 Å². The summed E-state index contributed by atoms with van der Waals surface area (Å²) in [5.41, 5.74) is 0.364. The second-order valence-electron chi connectivity index (χ2n) is 12.4. The van der Waals surface area contributed by atoms with Crippen molar-refractivity contribution in [1.29, 1.82) is 0 Å². The van der Waals surface area contributed by atoms with E-state index in [9.17, 15) is 30.0 Å². The van der Waals surface area contributed by atoms with Gasteiger partial charge in [-0.1, -0.05) is 81.4 Å². The number of carbonyl (C=O) groups excluding carboxylic acids is 1. The molecule has 5 atom stereocenters. The third kappa shape index (κ3) is 10.2. The van der Waals surface area contributed by atoms with Crippen molar-refractivity contribution in [3.05, 3.63) is 71.8 Å². The smallest absolute Gasteiger partial charge is 0.408 e. The van der Waals surface area contributed by atoms with Gasteiger partial charge in [-0.3, -0.25) is 9.69 Å². The second-order valence-corrected chi connectivity index (χ2v) is 12.4. The van der Waals surface area contributed by atoms with Gasteiger partial charge in [0.25, 0.3) is 0 Å². The molecule has 0 bridgehead atoms. The average Bonchev–Trinajstić information content (AvgIpc) is 2.86. The van der Waals surface area contributed by atoms with Gasteiger partial charge in [0.2, 0.25) is 5.91 Å². The summed E-state index contributed by atoms with van der Waals surface area (Å²) < 4.78 is 0. The highest BCUT2D eigenvalue weighted by atomic mass is 16.4. The molecule has 222 valence electrons. The molecule has 9 nitrogen and oxygen atoms in total. The van der Waals surface area contributed by atoms with Crippen LogP contribution >= 0.6 is 0 Å². The van der Waals surface area contributed by atoms with Crippen molar-refractivity contribution in [3.8, 4) is 0 Å². The molecule has 0 unspecified atom stereocenters. The molecule has 0 aromatic heterocycles. The molecule has 0 aliphatic heterocycles. The molecular formula is C31H47N3O6. The standard InChI is InChI=1S/C31H47N3O6/c1-30(2,3)27(37)28(38)33-23(17-21-13-9-7-10-14-21)25(35)19-32-20-26(36)24(18-22-15-11-8-12-16-22)34(29(39)40)31(4,5)6/h7-16,23-27,32,35-37H,17-20H2,1-6H3,(H,33,38)(H,39,40)/t23-,24-,25+,26+,27-/m0/s1. The first-order valence-electron chi connectivity index (χ1n) is 13.8. The van der Waals surface area contributed by atoms with Gasteiger partial charge < -0.3 is 31.1 Å². The number of carbonyl (C=O) groups is 2. The van der Waals surface area contributed by atoms with Gasteiger partial charge in [0, 0.05) is 18.6 Å². The molecule has 0 fully saturated rings. The molecule has 40 heavy (non-hydrogen) atoms. The average molecular weight is 558 g/mol. The van der Waals surface area contributed by atoms with Crippen molar-refractivity contribution in [2.24, 2.45) is 5.41 Å². The zero-order chi connectivity index (χ0) is 30.1. The third-order valence-electron chi connectivity index (χ3n) is 6.86. The van der Waals surface area contributed by atoms with E-state index >= 15 is 0 Å².